The number of anilines is 1. The van der Waals surface area contributed by atoms with E-state index in [0.29, 0.717) is 23.7 Å². The molecule has 0 atom stereocenters. The van der Waals surface area contributed by atoms with Crippen LogP contribution in [0.3, 0.4) is 0 Å². The number of carbonyl (C=O) groups excluding carboxylic acids is 1. The second-order valence-electron chi connectivity index (χ2n) is 5.71. The monoisotopic (exact) mass is 321 g/mol. The number of ether oxygens (including phenoxy) is 2. The number of nitrogens with one attached hydrogen (secondary N) is 1. The molecule has 1 heterocycles. The Hall–Kier alpha value is -3.01. The van der Waals surface area contributed by atoms with Crippen LogP contribution in [0, 0.1) is 0 Å². The summed E-state index contributed by atoms with van der Waals surface area (Å²) in [6.07, 6.45) is 1.85. The van der Waals surface area contributed by atoms with E-state index in [0.717, 1.165) is 22.4 Å². The van der Waals surface area contributed by atoms with Gasteiger partial charge in [-0.15, -0.1) is 0 Å². The molecule has 4 heteroatoms. The van der Waals surface area contributed by atoms with Gasteiger partial charge in [-0.1, -0.05) is 30.8 Å². The number of hydrogen-bond acceptors (Lipinski definition) is 3. The highest BCUT2D eigenvalue weighted by molar-refractivity contribution is 6.34. The second-order valence-corrected chi connectivity index (χ2v) is 5.71. The van der Waals surface area contributed by atoms with Crippen molar-refractivity contribution in [3.8, 4) is 11.5 Å². The summed E-state index contributed by atoms with van der Waals surface area (Å²) in [5.74, 6) is 1.17. The third-order valence-corrected chi connectivity index (χ3v) is 3.68. The molecular weight excluding hydrogens is 302 g/mol. The molecule has 122 valence electrons. The summed E-state index contributed by atoms with van der Waals surface area (Å²) >= 11 is 0. The molecule has 0 saturated carbocycles. The van der Waals surface area contributed by atoms with E-state index in [1.165, 1.54) is 0 Å². The van der Waals surface area contributed by atoms with Gasteiger partial charge in [0.1, 0.15) is 6.61 Å². The van der Waals surface area contributed by atoms with Gasteiger partial charge in [-0.3, -0.25) is 4.79 Å². The maximum atomic E-state index is 12.2. The Morgan fingerprint density at radius 3 is 2.75 bits per heavy atom. The molecule has 1 aliphatic rings. The van der Waals surface area contributed by atoms with Crippen LogP contribution >= 0.6 is 0 Å². The summed E-state index contributed by atoms with van der Waals surface area (Å²) in [7, 11) is 1.59. The van der Waals surface area contributed by atoms with Crippen molar-refractivity contribution in [3.63, 3.8) is 0 Å². The summed E-state index contributed by atoms with van der Waals surface area (Å²) in [5, 5.41) is 2.87. The molecule has 0 spiro atoms. The first-order chi connectivity index (χ1) is 11.6. The maximum Gasteiger partial charge on any atom is 0.256 e. The lowest BCUT2D eigenvalue weighted by Crippen LogP contribution is -2.03. The Balaban J connectivity index is 1.93. The summed E-state index contributed by atoms with van der Waals surface area (Å²) in [5.41, 5.74) is 4.19. The van der Waals surface area contributed by atoms with Crippen LogP contribution in [0.5, 0.6) is 11.5 Å². The lowest BCUT2D eigenvalue weighted by Gasteiger charge is -2.11. The van der Waals surface area contributed by atoms with E-state index in [1.807, 2.05) is 55.5 Å². The first-order valence-corrected chi connectivity index (χ1v) is 7.66. The molecule has 1 amide bonds. The van der Waals surface area contributed by atoms with E-state index in [2.05, 4.69) is 11.9 Å². The largest absolute Gasteiger partial charge is 0.493 e. The number of methoxy groups -OCH3 is 1. The Morgan fingerprint density at radius 1 is 1.21 bits per heavy atom. The third kappa shape index (κ3) is 3.18. The lowest BCUT2D eigenvalue weighted by molar-refractivity contribution is -0.110. The molecule has 0 saturated heterocycles. The van der Waals surface area contributed by atoms with E-state index in [1.54, 1.807) is 7.11 Å². The summed E-state index contributed by atoms with van der Waals surface area (Å²) < 4.78 is 11.1. The van der Waals surface area contributed by atoms with Gasteiger partial charge >= 0.3 is 0 Å². The van der Waals surface area contributed by atoms with Crippen molar-refractivity contribution >= 4 is 23.2 Å². The van der Waals surface area contributed by atoms with Gasteiger partial charge in [0.05, 0.1) is 7.11 Å². The average molecular weight is 321 g/mol. The predicted octanol–water partition coefficient (Wildman–Crippen LogP) is 4.14. The first kappa shape index (κ1) is 15.9. The molecule has 2 aromatic rings. The van der Waals surface area contributed by atoms with E-state index in [9.17, 15) is 4.79 Å². The SMILES string of the molecule is C=C(C)COc1ccc(/C=C2\C(=O)Nc3ccccc32)cc1OC. The third-order valence-electron chi connectivity index (χ3n) is 3.68. The van der Waals surface area contributed by atoms with Crippen molar-refractivity contribution in [3.05, 3.63) is 65.7 Å². The fraction of sp³-hybridized carbons (Fsp3) is 0.150. The Labute approximate surface area is 141 Å². The average Bonchev–Trinajstić information content (AvgIpc) is 2.89. The maximum absolute atomic E-state index is 12.2. The van der Waals surface area contributed by atoms with E-state index >= 15 is 0 Å². The van der Waals surface area contributed by atoms with Crippen molar-refractivity contribution in [1.29, 1.82) is 0 Å². The van der Waals surface area contributed by atoms with Crippen LogP contribution in [0.25, 0.3) is 11.6 Å². The molecule has 0 aliphatic carbocycles. The number of hydrogen-bond donors (Lipinski definition) is 1. The molecule has 1 aliphatic heterocycles. The van der Waals surface area contributed by atoms with Gasteiger partial charge in [-0.2, -0.15) is 0 Å². The van der Waals surface area contributed by atoms with Gasteiger partial charge < -0.3 is 14.8 Å². The van der Waals surface area contributed by atoms with Gasteiger partial charge in [0, 0.05) is 16.8 Å². The van der Waals surface area contributed by atoms with E-state index in [-0.39, 0.29) is 5.91 Å². The number of benzene rings is 2. The lowest BCUT2D eigenvalue weighted by atomic mass is 10.0. The van der Waals surface area contributed by atoms with Gasteiger partial charge in [0.2, 0.25) is 0 Å². The molecule has 0 unspecified atom stereocenters. The quantitative estimate of drug-likeness (QED) is 0.665. The van der Waals surface area contributed by atoms with Crippen molar-refractivity contribution in [2.45, 2.75) is 6.92 Å². The fourth-order valence-electron chi connectivity index (χ4n) is 2.54. The molecule has 0 fully saturated rings. The number of carbonyl (C=O) groups is 1. The highest BCUT2D eigenvalue weighted by Gasteiger charge is 2.23. The number of amides is 1. The second kappa shape index (κ2) is 6.62. The van der Waals surface area contributed by atoms with E-state index < -0.39 is 0 Å². The predicted molar refractivity (Wildman–Crippen MR) is 96.2 cm³/mol. The van der Waals surface area contributed by atoms with Crippen LogP contribution < -0.4 is 14.8 Å². The van der Waals surface area contributed by atoms with Gasteiger partial charge in [-0.05, 0) is 42.3 Å². The molecular formula is C20H19NO3. The molecule has 4 nitrogen and oxygen atoms in total. The van der Waals surface area contributed by atoms with Crippen LogP contribution in [-0.4, -0.2) is 19.6 Å². The van der Waals surface area contributed by atoms with Crippen LogP contribution in [-0.2, 0) is 4.79 Å². The Bertz CT molecular complexity index is 837. The molecule has 0 aromatic heterocycles. The van der Waals surface area contributed by atoms with Gasteiger partial charge in [-0.25, -0.2) is 0 Å². The molecule has 3 rings (SSSR count). The number of fused-ring (bicyclic) bond motifs is 1. The minimum Gasteiger partial charge on any atom is -0.493 e. The first-order valence-electron chi connectivity index (χ1n) is 7.66. The topological polar surface area (TPSA) is 47.6 Å². The molecule has 24 heavy (non-hydrogen) atoms. The van der Waals surface area contributed by atoms with Crippen molar-refractivity contribution in [2.24, 2.45) is 0 Å². The molecule has 0 bridgehead atoms. The van der Waals surface area contributed by atoms with E-state index in [4.69, 9.17) is 9.47 Å². The highest BCUT2D eigenvalue weighted by atomic mass is 16.5. The van der Waals surface area contributed by atoms with Crippen molar-refractivity contribution in [2.75, 3.05) is 19.0 Å². The molecule has 2 aromatic carbocycles. The molecule has 1 N–H and O–H groups in total. The summed E-state index contributed by atoms with van der Waals surface area (Å²) in [4.78, 5) is 12.2. The molecule has 0 radical (unpaired) electrons. The number of para-hydroxylation sites is 1. The summed E-state index contributed by atoms with van der Waals surface area (Å²) in [6, 6.07) is 13.2. The van der Waals surface area contributed by atoms with Crippen LogP contribution in [0.2, 0.25) is 0 Å². The fourth-order valence-corrected chi connectivity index (χ4v) is 2.54. The Morgan fingerprint density at radius 2 is 2.00 bits per heavy atom. The summed E-state index contributed by atoms with van der Waals surface area (Å²) in [6.45, 7) is 6.16. The smallest absolute Gasteiger partial charge is 0.256 e. The zero-order chi connectivity index (χ0) is 17.1. The van der Waals surface area contributed by atoms with Crippen LogP contribution in [0.4, 0.5) is 5.69 Å². The Kier molecular flexibility index (Phi) is 4.38. The van der Waals surface area contributed by atoms with Crippen LogP contribution in [0.15, 0.2) is 54.6 Å². The normalized spacial score (nSPS) is 14.2. The number of rotatable bonds is 5. The minimum atomic E-state index is -0.0993. The van der Waals surface area contributed by atoms with Gasteiger partial charge in [0.25, 0.3) is 5.91 Å². The zero-order valence-corrected chi connectivity index (χ0v) is 13.8. The van der Waals surface area contributed by atoms with Crippen molar-refractivity contribution < 1.29 is 14.3 Å². The highest BCUT2D eigenvalue weighted by Crippen LogP contribution is 2.34. The van der Waals surface area contributed by atoms with Crippen LogP contribution in [0.1, 0.15) is 18.1 Å². The minimum absolute atomic E-state index is 0.0993. The van der Waals surface area contributed by atoms with Gasteiger partial charge in [0.15, 0.2) is 11.5 Å². The standard InChI is InChI=1S/C20H19NO3/c1-13(2)12-24-18-9-8-14(11-19(18)23-3)10-16-15-6-4-5-7-17(15)21-20(16)22/h4-11H,1,12H2,2-3H3,(H,21,22)/b16-10-. The van der Waals surface area contributed by atoms with Crippen molar-refractivity contribution in [1.82, 2.24) is 0 Å². The zero-order valence-electron chi connectivity index (χ0n) is 13.8.